The van der Waals surface area contributed by atoms with Crippen LogP contribution in [-0.4, -0.2) is 11.9 Å². The Morgan fingerprint density at radius 3 is 2.53 bits per heavy atom. The lowest BCUT2D eigenvalue weighted by Gasteiger charge is -2.30. The lowest BCUT2D eigenvalue weighted by molar-refractivity contribution is 0.308. The third-order valence-electron chi connectivity index (χ3n) is 2.85. The fourth-order valence-corrected chi connectivity index (χ4v) is 2.71. The lowest BCUT2D eigenvalue weighted by atomic mass is 9.85. The van der Waals surface area contributed by atoms with Crippen molar-refractivity contribution in [3.05, 3.63) is 33.4 Å². The van der Waals surface area contributed by atoms with E-state index in [9.17, 15) is 0 Å². The summed E-state index contributed by atoms with van der Waals surface area (Å²) >= 11 is 8.26. The largest absolute Gasteiger partial charge is 0.312 e. The van der Waals surface area contributed by atoms with Crippen LogP contribution in [0.3, 0.4) is 0 Å². The number of benzene rings is 1. The molecule has 82 valence electrons. The highest BCUT2D eigenvalue weighted by molar-refractivity contribution is 14.1. The SMILES string of the molecule is ClC1CC(CNCc2ccc(I)cc2)C1. The molecular weight excluding hydrogens is 320 g/mol. The molecule has 1 fully saturated rings. The van der Waals surface area contributed by atoms with E-state index in [1.165, 1.54) is 22.0 Å². The zero-order valence-corrected chi connectivity index (χ0v) is 11.5. The van der Waals surface area contributed by atoms with Gasteiger partial charge in [-0.3, -0.25) is 0 Å². The number of alkyl halides is 1. The molecule has 1 aliphatic rings. The first-order chi connectivity index (χ1) is 7.24. The second kappa shape index (κ2) is 5.51. The molecular formula is C12H15ClIN. The van der Waals surface area contributed by atoms with Crippen molar-refractivity contribution in [2.24, 2.45) is 5.92 Å². The van der Waals surface area contributed by atoms with E-state index in [1.54, 1.807) is 0 Å². The van der Waals surface area contributed by atoms with Gasteiger partial charge in [0.2, 0.25) is 0 Å². The first-order valence-corrected chi connectivity index (χ1v) is 6.85. The van der Waals surface area contributed by atoms with Crippen LogP contribution >= 0.6 is 34.2 Å². The predicted molar refractivity (Wildman–Crippen MR) is 73.2 cm³/mol. The summed E-state index contributed by atoms with van der Waals surface area (Å²) in [5.74, 6) is 0.802. The van der Waals surface area contributed by atoms with Gasteiger partial charge in [0.05, 0.1) is 0 Å². The fourth-order valence-electron chi connectivity index (χ4n) is 1.84. The van der Waals surface area contributed by atoms with Gasteiger partial charge in [-0.25, -0.2) is 0 Å². The minimum atomic E-state index is 0.440. The summed E-state index contributed by atoms with van der Waals surface area (Å²) in [6.45, 7) is 2.08. The molecule has 1 nitrogen and oxygen atoms in total. The van der Waals surface area contributed by atoms with Crippen LogP contribution in [-0.2, 0) is 6.54 Å². The van der Waals surface area contributed by atoms with Gasteiger partial charge in [0.25, 0.3) is 0 Å². The molecule has 1 saturated carbocycles. The lowest BCUT2D eigenvalue weighted by Crippen LogP contribution is -2.33. The number of hydrogen-bond donors (Lipinski definition) is 1. The van der Waals surface area contributed by atoms with Crippen LogP contribution in [0, 0.1) is 9.49 Å². The Balaban J connectivity index is 1.67. The van der Waals surface area contributed by atoms with Crippen molar-refractivity contribution < 1.29 is 0 Å². The van der Waals surface area contributed by atoms with Crippen molar-refractivity contribution in [3.63, 3.8) is 0 Å². The molecule has 3 heteroatoms. The van der Waals surface area contributed by atoms with Gasteiger partial charge in [0.1, 0.15) is 0 Å². The van der Waals surface area contributed by atoms with Crippen LogP contribution in [0.2, 0.25) is 0 Å². The number of halogens is 2. The first-order valence-electron chi connectivity index (χ1n) is 5.33. The van der Waals surface area contributed by atoms with E-state index < -0.39 is 0 Å². The molecule has 1 aromatic rings. The van der Waals surface area contributed by atoms with Crippen molar-refractivity contribution in [2.75, 3.05) is 6.54 Å². The Bertz CT molecular complexity index is 306. The average molecular weight is 336 g/mol. The molecule has 0 aromatic heterocycles. The third kappa shape index (κ3) is 3.61. The molecule has 0 bridgehead atoms. The van der Waals surface area contributed by atoms with E-state index in [0.717, 1.165) is 19.0 Å². The quantitative estimate of drug-likeness (QED) is 0.657. The molecule has 1 N–H and O–H groups in total. The second-order valence-corrected chi connectivity index (χ2v) is 6.05. The summed E-state index contributed by atoms with van der Waals surface area (Å²) in [5.41, 5.74) is 1.36. The molecule has 0 atom stereocenters. The standard InChI is InChI=1S/C12H15ClIN/c13-11-5-10(6-11)8-15-7-9-1-3-12(14)4-2-9/h1-4,10-11,15H,5-8H2. The highest BCUT2D eigenvalue weighted by atomic mass is 127. The zero-order valence-electron chi connectivity index (χ0n) is 8.55. The van der Waals surface area contributed by atoms with Crippen molar-refractivity contribution >= 4 is 34.2 Å². The predicted octanol–water partition coefficient (Wildman–Crippen LogP) is 3.40. The van der Waals surface area contributed by atoms with Gasteiger partial charge >= 0.3 is 0 Å². The average Bonchev–Trinajstić information content (AvgIpc) is 2.18. The molecule has 0 heterocycles. The van der Waals surface area contributed by atoms with E-state index in [2.05, 4.69) is 52.2 Å². The van der Waals surface area contributed by atoms with Gasteiger partial charge in [0.15, 0.2) is 0 Å². The maximum absolute atomic E-state index is 5.93. The molecule has 0 amide bonds. The molecule has 0 unspecified atom stereocenters. The number of rotatable bonds is 4. The Morgan fingerprint density at radius 2 is 1.93 bits per heavy atom. The molecule has 0 aliphatic heterocycles. The minimum Gasteiger partial charge on any atom is -0.312 e. The number of hydrogen-bond acceptors (Lipinski definition) is 1. The van der Waals surface area contributed by atoms with Gasteiger partial charge in [-0.2, -0.15) is 0 Å². The summed E-state index contributed by atoms with van der Waals surface area (Å²) in [6, 6.07) is 8.66. The van der Waals surface area contributed by atoms with E-state index in [-0.39, 0.29) is 0 Å². The van der Waals surface area contributed by atoms with Gasteiger partial charge in [-0.1, -0.05) is 12.1 Å². The Morgan fingerprint density at radius 1 is 1.27 bits per heavy atom. The summed E-state index contributed by atoms with van der Waals surface area (Å²) in [4.78, 5) is 0. The van der Waals surface area contributed by atoms with Crippen molar-refractivity contribution in [2.45, 2.75) is 24.8 Å². The van der Waals surface area contributed by atoms with Gasteiger partial charge in [0, 0.05) is 15.5 Å². The van der Waals surface area contributed by atoms with E-state index >= 15 is 0 Å². The molecule has 1 aromatic carbocycles. The Labute approximate surface area is 110 Å². The molecule has 2 rings (SSSR count). The van der Waals surface area contributed by atoms with Crippen LogP contribution in [0.25, 0.3) is 0 Å². The molecule has 0 saturated heterocycles. The molecule has 0 radical (unpaired) electrons. The molecule has 1 aliphatic carbocycles. The minimum absolute atomic E-state index is 0.440. The third-order valence-corrected chi connectivity index (χ3v) is 3.93. The van der Waals surface area contributed by atoms with E-state index in [1.807, 2.05) is 0 Å². The van der Waals surface area contributed by atoms with Gasteiger partial charge < -0.3 is 5.32 Å². The van der Waals surface area contributed by atoms with Crippen LogP contribution < -0.4 is 5.32 Å². The highest BCUT2D eigenvalue weighted by Gasteiger charge is 2.26. The van der Waals surface area contributed by atoms with Crippen molar-refractivity contribution in [1.29, 1.82) is 0 Å². The normalized spacial score (nSPS) is 24.9. The van der Waals surface area contributed by atoms with E-state index in [0.29, 0.717) is 5.38 Å². The maximum Gasteiger partial charge on any atom is 0.0342 e. The van der Waals surface area contributed by atoms with Gasteiger partial charge in [-0.05, 0) is 65.6 Å². The van der Waals surface area contributed by atoms with Gasteiger partial charge in [-0.15, -0.1) is 11.6 Å². The summed E-state index contributed by atoms with van der Waals surface area (Å²) in [7, 11) is 0. The summed E-state index contributed by atoms with van der Waals surface area (Å²) in [5, 5.41) is 3.92. The van der Waals surface area contributed by atoms with Crippen LogP contribution in [0.15, 0.2) is 24.3 Å². The van der Waals surface area contributed by atoms with Crippen molar-refractivity contribution in [3.8, 4) is 0 Å². The topological polar surface area (TPSA) is 12.0 Å². The molecule has 15 heavy (non-hydrogen) atoms. The highest BCUT2D eigenvalue weighted by Crippen LogP contribution is 2.31. The van der Waals surface area contributed by atoms with Crippen molar-refractivity contribution in [1.82, 2.24) is 5.32 Å². The number of nitrogens with one attached hydrogen (secondary N) is 1. The Hall–Kier alpha value is 0.200. The fraction of sp³-hybridized carbons (Fsp3) is 0.500. The monoisotopic (exact) mass is 335 g/mol. The summed E-state index contributed by atoms with van der Waals surface area (Å²) in [6.07, 6.45) is 2.36. The Kier molecular flexibility index (Phi) is 4.29. The smallest absolute Gasteiger partial charge is 0.0342 e. The van der Waals surface area contributed by atoms with Crippen LogP contribution in [0.5, 0.6) is 0 Å². The molecule has 0 spiro atoms. The second-order valence-electron chi connectivity index (χ2n) is 4.19. The summed E-state index contributed by atoms with van der Waals surface area (Å²) < 4.78 is 1.29. The van der Waals surface area contributed by atoms with Crippen LogP contribution in [0.4, 0.5) is 0 Å². The van der Waals surface area contributed by atoms with Crippen LogP contribution in [0.1, 0.15) is 18.4 Å². The van der Waals surface area contributed by atoms with E-state index in [4.69, 9.17) is 11.6 Å². The first kappa shape index (κ1) is 11.7. The zero-order chi connectivity index (χ0) is 10.7. The maximum atomic E-state index is 5.93.